The van der Waals surface area contributed by atoms with Crippen molar-refractivity contribution in [3.63, 3.8) is 0 Å². The molecule has 0 amide bonds. The van der Waals surface area contributed by atoms with Crippen molar-refractivity contribution in [3.8, 4) is 45.3 Å². The number of fused-ring (bicyclic) bond motifs is 10. The number of nitrogens with zero attached hydrogens (tertiary/aromatic N) is 3. The van der Waals surface area contributed by atoms with Crippen molar-refractivity contribution in [1.82, 2.24) is 15.0 Å². The Morgan fingerprint density at radius 3 is 1.70 bits per heavy atom. The van der Waals surface area contributed by atoms with Gasteiger partial charge in [-0.2, -0.15) is 0 Å². The molecule has 0 atom stereocenters. The Bertz CT molecular complexity index is 2350. The molecule has 8 aromatic rings. The molecule has 2 heterocycles. The summed E-state index contributed by atoms with van der Waals surface area (Å²) in [5, 5.41) is 4.66. The molecule has 208 valence electrons. The average Bonchev–Trinajstić information content (AvgIpc) is 3.58. The minimum Gasteiger partial charge on any atom is -0.455 e. The molecule has 0 saturated carbocycles. The molecule has 1 aliphatic carbocycles. The summed E-state index contributed by atoms with van der Waals surface area (Å²) in [6.45, 7) is 4.66. The van der Waals surface area contributed by atoms with Crippen LogP contribution < -0.4 is 0 Å². The van der Waals surface area contributed by atoms with Crippen LogP contribution in [0.5, 0.6) is 0 Å². The number of hydrogen-bond donors (Lipinski definition) is 0. The molecule has 0 bridgehead atoms. The van der Waals surface area contributed by atoms with Crippen LogP contribution in [-0.2, 0) is 5.41 Å². The van der Waals surface area contributed by atoms with E-state index in [4.69, 9.17) is 19.4 Å². The van der Waals surface area contributed by atoms with Gasteiger partial charge in [-0.15, -0.1) is 0 Å². The Morgan fingerprint density at radius 1 is 0.477 bits per heavy atom. The molecule has 4 heteroatoms. The third kappa shape index (κ3) is 3.48. The normalized spacial score (nSPS) is 13.4. The summed E-state index contributed by atoms with van der Waals surface area (Å²) in [6.07, 6.45) is 0. The molecule has 0 saturated heterocycles. The monoisotopic (exact) mass is 565 g/mol. The summed E-state index contributed by atoms with van der Waals surface area (Å²) in [7, 11) is 0. The summed E-state index contributed by atoms with van der Waals surface area (Å²) in [5.74, 6) is 2.00. The topological polar surface area (TPSA) is 51.8 Å². The number of furan rings is 1. The van der Waals surface area contributed by atoms with E-state index in [9.17, 15) is 0 Å². The average molecular weight is 566 g/mol. The molecular formula is C40H27N3O. The molecule has 0 N–H and O–H groups in total. The number of para-hydroxylation sites is 1. The highest BCUT2D eigenvalue weighted by Crippen LogP contribution is 2.58. The van der Waals surface area contributed by atoms with E-state index in [1.165, 1.54) is 33.0 Å². The quantitative estimate of drug-likeness (QED) is 0.214. The maximum atomic E-state index is 6.59. The molecule has 0 fully saturated rings. The van der Waals surface area contributed by atoms with Gasteiger partial charge < -0.3 is 4.42 Å². The Kier molecular flexibility index (Phi) is 5.21. The predicted octanol–water partition coefficient (Wildman–Crippen LogP) is 10.2. The molecule has 4 nitrogen and oxygen atoms in total. The summed E-state index contributed by atoms with van der Waals surface area (Å²) >= 11 is 0. The van der Waals surface area contributed by atoms with Crippen LogP contribution in [0.2, 0.25) is 0 Å². The number of benzene rings is 6. The van der Waals surface area contributed by atoms with Gasteiger partial charge in [-0.1, -0.05) is 135 Å². The molecule has 6 aromatic carbocycles. The highest BCUT2D eigenvalue weighted by molar-refractivity contribution is 6.23. The van der Waals surface area contributed by atoms with Crippen LogP contribution >= 0.6 is 0 Å². The van der Waals surface area contributed by atoms with Gasteiger partial charge in [-0.3, -0.25) is 0 Å². The predicted molar refractivity (Wildman–Crippen MR) is 178 cm³/mol. The fourth-order valence-electron chi connectivity index (χ4n) is 7.22. The van der Waals surface area contributed by atoms with E-state index >= 15 is 0 Å². The van der Waals surface area contributed by atoms with Gasteiger partial charge >= 0.3 is 0 Å². The third-order valence-corrected chi connectivity index (χ3v) is 9.06. The van der Waals surface area contributed by atoms with Crippen molar-refractivity contribution >= 4 is 32.7 Å². The second kappa shape index (κ2) is 9.19. The number of aromatic nitrogens is 3. The van der Waals surface area contributed by atoms with Crippen LogP contribution in [0.25, 0.3) is 78.0 Å². The zero-order chi connectivity index (χ0) is 29.4. The van der Waals surface area contributed by atoms with Crippen molar-refractivity contribution in [2.24, 2.45) is 0 Å². The summed E-state index contributed by atoms with van der Waals surface area (Å²) in [4.78, 5) is 15.2. The molecule has 2 aromatic heterocycles. The van der Waals surface area contributed by atoms with Crippen molar-refractivity contribution < 1.29 is 4.42 Å². The molecule has 1 aliphatic rings. The highest BCUT2D eigenvalue weighted by Gasteiger charge is 2.42. The molecule has 0 unspecified atom stereocenters. The van der Waals surface area contributed by atoms with Crippen LogP contribution in [0.1, 0.15) is 25.0 Å². The van der Waals surface area contributed by atoms with Gasteiger partial charge in [0.2, 0.25) is 0 Å². The second-order valence-corrected chi connectivity index (χ2v) is 12.0. The summed E-state index contributed by atoms with van der Waals surface area (Å²) < 4.78 is 6.59. The van der Waals surface area contributed by atoms with Crippen molar-refractivity contribution in [2.45, 2.75) is 19.3 Å². The van der Waals surface area contributed by atoms with E-state index in [-0.39, 0.29) is 5.41 Å². The standard InChI is InChI=1S/C40H27N3O/c1-40(2)34-29(32-26-18-9-10-19-27(26)36-33(35(32)40)28-20-11-12-23-31(28)44-36)21-13-22-30(34)39-42-37(24-14-5-3-6-15-24)41-38(43-39)25-16-7-4-8-17-25/h3-23H,1-2H3. The van der Waals surface area contributed by atoms with Crippen molar-refractivity contribution in [2.75, 3.05) is 0 Å². The fourth-order valence-corrected chi connectivity index (χ4v) is 7.22. The van der Waals surface area contributed by atoms with E-state index in [0.717, 1.165) is 38.6 Å². The smallest absolute Gasteiger partial charge is 0.164 e. The lowest BCUT2D eigenvalue weighted by molar-refractivity contribution is 0.660. The minimum atomic E-state index is -0.358. The molecule has 44 heavy (non-hydrogen) atoms. The first kappa shape index (κ1) is 24.9. The minimum absolute atomic E-state index is 0.358. The summed E-state index contributed by atoms with van der Waals surface area (Å²) in [6, 6.07) is 43.9. The van der Waals surface area contributed by atoms with Gasteiger partial charge in [0, 0.05) is 38.3 Å². The van der Waals surface area contributed by atoms with Crippen molar-refractivity contribution in [1.29, 1.82) is 0 Å². The van der Waals surface area contributed by atoms with Gasteiger partial charge in [0.25, 0.3) is 0 Å². The summed E-state index contributed by atoms with van der Waals surface area (Å²) in [5.41, 5.74) is 9.43. The Balaban J connectivity index is 1.37. The largest absolute Gasteiger partial charge is 0.455 e. The van der Waals surface area contributed by atoms with E-state index in [1.54, 1.807) is 0 Å². The molecule has 9 rings (SSSR count). The Morgan fingerprint density at radius 2 is 1.02 bits per heavy atom. The molecular weight excluding hydrogens is 538 g/mol. The first-order valence-electron chi connectivity index (χ1n) is 15.0. The van der Waals surface area contributed by atoms with E-state index in [0.29, 0.717) is 17.5 Å². The molecule has 0 radical (unpaired) electrons. The number of rotatable bonds is 3. The zero-order valence-corrected chi connectivity index (χ0v) is 24.4. The van der Waals surface area contributed by atoms with E-state index in [1.807, 2.05) is 42.5 Å². The van der Waals surface area contributed by atoms with Crippen LogP contribution in [0.3, 0.4) is 0 Å². The molecule has 0 spiro atoms. The van der Waals surface area contributed by atoms with Gasteiger partial charge in [-0.05, 0) is 33.7 Å². The highest BCUT2D eigenvalue weighted by atomic mass is 16.3. The van der Waals surface area contributed by atoms with Crippen LogP contribution in [0.15, 0.2) is 132 Å². The first-order chi connectivity index (χ1) is 21.6. The Labute approximate surface area is 254 Å². The van der Waals surface area contributed by atoms with Gasteiger partial charge in [0.1, 0.15) is 11.2 Å². The molecule has 0 aliphatic heterocycles. The van der Waals surface area contributed by atoms with E-state index < -0.39 is 0 Å². The second-order valence-electron chi connectivity index (χ2n) is 12.0. The van der Waals surface area contributed by atoms with Gasteiger partial charge in [-0.25, -0.2) is 15.0 Å². The van der Waals surface area contributed by atoms with Gasteiger partial charge in [0.05, 0.1) is 0 Å². The lowest BCUT2D eigenvalue weighted by Crippen LogP contribution is -2.17. The Hall–Kier alpha value is -5.61. The van der Waals surface area contributed by atoms with Crippen LogP contribution in [0.4, 0.5) is 0 Å². The zero-order valence-electron chi connectivity index (χ0n) is 24.4. The van der Waals surface area contributed by atoms with E-state index in [2.05, 4.69) is 98.8 Å². The first-order valence-corrected chi connectivity index (χ1v) is 15.0. The van der Waals surface area contributed by atoms with Gasteiger partial charge in [0.15, 0.2) is 17.5 Å². The third-order valence-electron chi connectivity index (χ3n) is 9.06. The fraction of sp³-hybridized carbons (Fsp3) is 0.0750. The maximum Gasteiger partial charge on any atom is 0.164 e. The maximum absolute atomic E-state index is 6.59. The number of hydrogen-bond acceptors (Lipinski definition) is 4. The SMILES string of the molecule is CC1(C)c2c(-c3nc(-c4ccccc4)nc(-c4ccccc4)n3)cccc2-c2c1c1c3ccccc3oc1c1ccccc21. The lowest BCUT2D eigenvalue weighted by atomic mass is 9.78. The van der Waals surface area contributed by atoms with Crippen LogP contribution in [-0.4, -0.2) is 15.0 Å². The van der Waals surface area contributed by atoms with Crippen molar-refractivity contribution in [3.05, 3.63) is 139 Å². The lowest BCUT2D eigenvalue weighted by Gasteiger charge is -2.25. The van der Waals surface area contributed by atoms with Crippen LogP contribution in [0, 0.1) is 0 Å².